The second-order valence-electron chi connectivity index (χ2n) is 6.90. The number of amides is 1. The summed E-state index contributed by atoms with van der Waals surface area (Å²) in [6.07, 6.45) is 1.70. The van der Waals surface area contributed by atoms with Gasteiger partial charge in [0, 0.05) is 37.3 Å². The van der Waals surface area contributed by atoms with E-state index < -0.39 is 0 Å². The lowest BCUT2D eigenvalue weighted by molar-refractivity contribution is -0.0566. The fraction of sp³-hybridized carbons (Fsp3) is 0.556. The number of hydrogen-bond acceptors (Lipinski definition) is 6. The summed E-state index contributed by atoms with van der Waals surface area (Å²) in [6, 6.07) is 6.20. The first-order valence-electron chi connectivity index (χ1n) is 8.77. The van der Waals surface area contributed by atoms with E-state index in [4.69, 9.17) is 9.84 Å². The summed E-state index contributed by atoms with van der Waals surface area (Å²) in [5.74, 6) is -0.0226. The maximum atomic E-state index is 12.6. The highest BCUT2D eigenvalue weighted by molar-refractivity contribution is 7.18. The van der Waals surface area contributed by atoms with Gasteiger partial charge >= 0.3 is 0 Å². The highest BCUT2D eigenvalue weighted by Gasteiger charge is 2.37. The molecular formula is C18H23N3O3S. The molecule has 0 spiro atoms. The summed E-state index contributed by atoms with van der Waals surface area (Å²) >= 11 is 1.61. The summed E-state index contributed by atoms with van der Waals surface area (Å²) in [6.45, 7) is 4.50. The molecule has 2 saturated heterocycles. The minimum atomic E-state index is -0.0226. The molecule has 0 bridgehead atoms. The van der Waals surface area contributed by atoms with E-state index in [0.29, 0.717) is 24.6 Å². The molecule has 2 N–H and O–H groups in total. The average molecular weight is 361 g/mol. The van der Waals surface area contributed by atoms with Gasteiger partial charge in [0.15, 0.2) is 0 Å². The van der Waals surface area contributed by atoms with Crippen molar-refractivity contribution < 1.29 is 14.6 Å². The molecule has 2 aliphatic heterocycles. The Morgan fingerprint density at radius 3 is 3.20 bits per heavy atom. The van der Waals surface area contributed by atoms with Crippen LogP contribution in [0, 0.1) is 6.92 Å². The van der Waals surface area contributed by atoms with Gasteiger partial charge in [-0.15, -0.1) is 11.3 Å². The Morgan fingerprint density at radius 2 is 2.36 bits per heavy atom. The molecule has 1 aromatic carbocycles. The standard InChI is InChI=1S/C18H23N3O3S/c1-11-19-16-3-2-12(6-17(16)25-11)18(23)20-13-7-14-10-24-15(4-5-22)9-21(14)8-13/h2-3,6,13-15,22H,4-5,7-10H2,1H3,(H,20,23)/t13-,14-,15-/m0/s1. The SMILES string of the molecule is Cc1nc2ccc(C(=O)N[C@H]3C[C@H]4CO[C@@H](CCO)CN4C3)cc2s1. The first-order valence-corrected chi connectivity index (χ1v) is 9.58. The van der Waals surface area contributed by atoms with Crippen LogP contribution in [0.15, 0.2) is 18.2 Å². The monoisotopic (exact) mass is 361 g/mol. The first-order chi connectivity index (χ1) is 12.1. The Kier molecular flexibility index (Phi) is 4.73. The zero-order chi connectivity index (χ0) is 17.4. The van der Waals surface area contributed by atoms with E-state index in [-0.39, 0.29) is 24.7 Å². The van der Waals surface area contributed by atoms with Gasteiger partial charge in [-0.3, -0.25) is 9.69 Å². The van der Waals surface area contributed by atoms with E-state index in [1.165, 1.54) is 0 Å². The minimum absolute atomic E-state index is 0.0226. The van der Waals surface area contributed by atoms with Crippen molar-refractivity contribution in [3.05, 3.63) is 28.8 Å². The van der Waals surface area contributed by atoms with E-state index in [0.717, 1.165) is 34.7 Å². The maximum absolute atomic E-state index is 12.6. The molecule has 1 aromatic heterocycles. The topological polar surface area (TPSA) is 74.7 Å². The number of benzene rings is 1. The number of aliphatic hydroxyl groups excluding tert-OH is 1. The Bertz CT molecular complexity index is 778. The van der Waals surface area contributed by atoms with Gasteiger partial charge in [0.2, 0.25) is 0 Å². The van der Waals surface area contributed by atoms with Crippen LogP contribution in [-0.2, 0) is 4.74 Å². The molecule has 3 atom stereocenters. The summed E-state index contributed by atoms with van der Waals surface area (Å²) in [7, 11) is 0. The third-order valence-corrected chi connectivity index (χ3v) is 5.97. The van der Waals surface area contributed by atoms with Crippen molar-refractivity contribution >= 4 is 27.5 Å². The highest BCUT2D eigenvalue weighted by Crippen LogP contribution is 2.25. The number of aromatic nitrogens is 1. The Labute approximate surface area is 150 Å². The number of thiazole rings is 1. The minimum Gasteiger partial charge on any atom is -0.396 e. The smallest absolute Gasteiger partial charge is 0.251 e. The van der Waals surface area contributed by atoms with Crippen molar-refractivity contribution in [2.45, 2.75) is 38.0 Å². The van der Waals surface area contributed by atoms with Gasteiger partial charge in [-0.05, 0) is 38.0 Å². The van der Waals surface area contributed by atoms with Crippen molar-refractivity contribution in [3.8, 4) is 0 Å². The molecule has 25 heavy (non-hydrogen) atoms. The fourth-order valence-electron chi connectivity index (χ4n) is 3.82. The van der Waals surface area contributed by atoms with Gasteiger partial charge < -0.3 is 15.2 Å². The Morgan fingerprint density at radius 1 is 1.48 bits per heavy atom. The molecule has 6 nitrogen and oxygen atoms in total. The molecule has 134 valence electrons. The highest BCUT2D eigenvalue weighted by atomic mass is 32.1. The second-order valence-corrected chi connectivity index (χ2v) is 8.13. The lowest BCUT2D eigenvalue weighted by atomic mass is 10.1. The number of nitrogens with one attached hydrogen (secondary N) is 1. The van der Waals surface area contributed by atoms with Gasteiger partial charge in [0.05, 0.1) is 27.9 Å². The van der Waals surface area contributed by atoms with Gasteiger partial charge in [0.1, 0.15) is 0 Å². The number of aryl methyl sites for hydroxylation is 1. The van der Waals surface area contributed by atoms with E-state index in [1.54, 1.807) is 11.3 Å². The van der Waals surface area contributed by atoms with Gasteiger partial charge in [0.25, 0.3) is 5.91 Å². The molecular weight excluding hydrogens is 338 g/mol. The summed E-state index contributed by atoms with van der Waals surface area (Å²) < 4.78 is 6.85. The van der Waals surface area contributed by atoms with Crippen molar-refractivity contribution in [3.63, 3.8) is 0 Å². The summed E-state index contributed by atoms with van der Waals surface area (Å²) in [5.41, 5.74) is 1.64. The van der Waals surface area contributed by atoms with Crippen molar-refractivity contribution in [1.29, 1.82) is 0 Å². The average Bonchev–Trinajstić information content (AvgIpc) is 3.15. The van der Waals surface area contributed by atoms with Gasteiger partial charge in [-0.1, -0.05) is 0 Å². The lowest BCUT2D eigenvalue weighted by Gasteiger charge is -2.34. The van der Waals surface area contributed by atoms with Crippen LogP contribution in [0.5, 0.6) is 0 Å². The summed E-state index contributed by atoms with van der Waals surface area (Å²) in [5, 5.41) is 13.3. The number of rotatable bonds is 4. The predicted octanol–water partition coefficient (Wildman–Crippen LogP) is 1.56. The van der Waals surface area contributed by atoms with E-state index >= 15 is 0 Å². The molecule has 0 saturated carbocycles. The van der Waals surface area contributed by atoms with Crippen LogP contribution in [0.25, 0.3) is 10.2 Å². The summed E-state index contributed by atoms with van der Waals surface area (Å²) in [4.78, 5) is 19.4. The number of ether oxygens (including phenoxy) is 1. The molecule has 0 aliphatic carbocycles. The largest absolute Gasteiger partial charge is 0.396 e. The number of morpholine rings is 1. The van der Waals surface area contributed by atoms with Gasteiger partial charge in [-0.2, -0.15) is 0 Å². The molecule has 7 heteroatoms. The third-order valence-electron chi connectivity index (χ3n) is 5.03. The maximum Gasteiger partial charge on any atom is 0.251 e. The second kappa shape index (κ2) is 6.99. The molecule has 4 rings (SSSR count). The van der Waals surface area contributed by atoms with Crippen LogP contribution < -0.4 is 5.32 Å². The number of fused-ring (bicyclic) bond motifs is 2. The van der Waals surface area contributed by atoms with E-state index in [1.807, 2.05) is 25.1 Å². The van der Waals surface area contributed by atoms with E-state index in [2.05, 4.69) is 15.2 Å². The predicted molar refractivity (Wildman–Crippen MR) is 97.0 cm³/mol. The van der Waals surface area contributed by atoms with Crippen molar-refractivity contribution in [2.24, 2.45) is 0 Å². The Balaban J connectivity index is 1.39. The third kappa shape index (κ3) is 3.55. The lowest BCUT2D eigenvalue weighted by Crippen LogP contribution is -2.46. The van der Waals surface area contributed by atoms with E-state index in [9.17, 15) is 4.79 Å². The van der Waals surface area contributed by atoms with Crippen LogP contribution in [-0.4, -0.2) is 65.4 Å². The van der Waals surface area contributed by atoms with Gasteiger partial charge in [-0.25, -0.2) is 4.98 Å². The van der Waals surface area contributed by atoms with Crippen LogP contribution in [0.2, 0.25) is 0 Å². The number of aliphatic hydroxyl groups is 1. The molecule has 1 amide bonds. The fourth-order valence-corrected chi connectivity index (χ4v) is 4.68. The zero-order valence-electron chi connectivity index (χ0n) is 14.3. The Hall–Kier alpha value is -1.54. The molecule has 3 heterocycles. The number of nitrogens with zero attached hydrogens (tertiary/aromatic N) is 2. The molecule has 0 unspecified atom stereocenters. The normalized spacial score (nSPS) is 26.7. The van der Waals surface area contributed by atoms with Crippen molar-refractivity contribution in [2.75, 3.05) is 26.3 Å². The molecule has 2 fully saturated rings. The first kappa shape index (κ1) is 16.9. The van der Waals surface area contributed by atoms with Crippen LogP contribution in [0.4, 0.5) is 0 Å². The quantitative estimate of drug-likeness (QED) is 0.864. The van der Waals surface area contributed by atoms with Crippen LogP contribution in [0.3, 0.4) is 0 Å². The molecule has 2 aliphatic rings. The number of hydrogen-bond donors (Lipinski definition) is 2. The number of carbonyl (C=O) groups is 1. The van der Waals surface area contributed by atoms with Crippen molar-refractivity contribution in [1.82, 2.24) is 15.2 Å². The number of carbonyl (C=O) groups excluding carboxylic acids is 1. The van der Waals surface area contributed by atoms with Crippen LogP contribution >= 0.6 is 11.3 Å². The zero-order valence-corrected chi connectivity index (χ0v) is 15.1. The molecule has 0 radical (unpaired) electrons. The van der Waals surface area contributed by atoms with Crippen LogP contribution in [0.1, 0.15) is 28.2 Å². The molecule has 2 aromatic rings.